The maximum atomic E-state index is 12.9. The Balaban J connectivity index is 0.00000277. The molecule has 25 heavy (non-hydrogen) atoms. The molecule has 1 heterocycles. The summed E-state index contributed by atoms with van der Waals surface area (Å²) in [4.78, 5) is 5.61. The quantitative estimate of drug-likeness (QED) is 0.323. The maximum Gasteiger partial charge on any atom is 0.416 e. The normalized spacial score (nSPS) is 13.7. The van der Waals surface area contributed by atoms with Gasteiger partial charge in [0.05, 0.1) is 22.2 Å². The first-order valence-electron chi connectivity index (χ1n) is 8.83. The summed E-state index contributed by atoms with van der Waals surface area (Å²) in [6.07, 6.45) is 2.93. The van der Waals surface area contributed by atoms with E-state index in [1.807, 2.05) is 20.8 Å². The Morgan fingerprint density at radius 2 is 1.92 bits per heavy atom. The minimum Gasteiger partial charge on any atom is -0.245 e. The Kier molecular flexibility index (Phi) is 12.1. The van der Waals surface area contributed by atoms with E-state index < -0.39 is 11.7 Å². The summed E-state index contributed by atoms with van der Waals surface area (Å²) in [6, 6.07) is 0. The lowest BCUT2D eigenvalue weighted by Crippen LogP contribution is -2.10. The zero-order valence-electron chi connectivity index (χ0n) is 15.7. The van der Waals surface area contributed by atoms with E-state index in [4.69, 9.17) is 11.6 Å². The number of hydrogen-bond acceptors (Lipinski definition) is 2. The number of nitrogens with zero attached hydrogens (tertiary/aromatic N) is 1. The number of thiazole rings is 1. The molecule has 1 rings (SSSR count). The molecular formula is C19H29ClF3NS. The molecule has 0 aliphatic carbocycles. The first kappa shape index (κ1) is 24.2. The summed E-state index contributed by atoms with van der Waals surface area (Å²) < 4.78 is 38.6. The van der Waals surface area contributed by atoms with Crippen LogP contribution in [0.5, 0.6) is 0 Å². The van der Waals surface area contributed by atoms with Gasteiger partial charge in [-0.15, -0.1) is 22.9 Å². The fourth-order valence-corrected chi connectivity index (χ4v) is 3.38. The third-order valence-electron chi connectivity index (χ3n) is 3.39. The van der Waals surface area contributed by atoms with E-state index in [2.05, 4.69) is 11.9 Å². The molecule has 0 aliphatic rings. The highest BCUT2D eigenvalue weighted by molar-refractivity contribution is 7.12. The van der Waals surface area contributed by atoms with Crippen molar-refractivity contribution >= 4 is 22.9 Å². The van der Waals surface area contributed by atoms with Crippen molar-refractivity contribution in [3.63, 3.8) is 0 Å². The Morgan fingerprint density at radius 3 is 2.40 bits per heavy atom. The SMILES string of the molecule is CC.CC/C=C(\C=C/C(C)c1nc(CCCC)c(CCl)s1)C(F)(F)F. The van der Waals surface area contributed by atoms with Gasteiger partial charge in [0.2, 0.25) is 0 Å². The van der Waals surface area contributed by atoms with Crippen LogP contribution in [0, 0.1) is 0 Å². The van der Waals surface area contributed by atoms with Crippen LogP contribution in [0.4, 0.5) is 13.2 Å². The zero-order chi connectivity index (χ0) is 19.5. The number of rotatable bonds is 8. The number of allylic oxidation sites excluding steroid dienone is 4. The van der Waals surface area contributed by atoms with Crippen LogP contribution in [0.2, 0.25) is 0 Å². The van der Waals surface area contributed by atoms with E-state index in [1.54, 1.807) is 13.0 Å². The van der Waals surface area contributed by atoms with Crippen molar-refractivity contribution in [2.24, 2.45) is 0 Å². The average Bonchev–Trinajstić information content (AvgIpc) is 3.00. The highest BCUT2D eigenvalue weighted by Crippen LogP contribution is 2.31. The lowest BCUT2D eigenvalue weighted by molar-refractivity contribution is -0.0884. The molecule has 1 aromatic heterocycles. The summed E-state index contributed by atoms with van der Waals surface area (Å²) in [5.41, 5.74) is 0.384. The second-order valence-electron chi connectivity index (χ2n) is 5.37. The van der Waals surface area contributed by atoms with Gasteiger partial charge in [-0.3, -0.25) is 0 Å². The molecule has 0 amide bonds. The van der Waals surface area contributed by atoms with Crippen LogP contribution < -0.4 is 0 Å². The van der Waals surface area contributed by atoms with Crippen molar-refractivity contribution in [3.05, 3.63) is 39.4 Å². The fraction of sp³-hybridized carbons (Fsp3) is 0.632. The first-order chi connectivity index (χ1) is 11.8. The Labute approximate surface area is 159 Å². The predicted molar refractivity (Wildman–Crippen MR) is 104 cm³/mol. The van der Waals surface area contributed by atoms with Gasteiger partial charge in [-0.25, -0.2) is 4.98 Å². The lowest BCUT2D eigenvalue weighted by Gasteiger charge is -2.08. The number of unbranched alkanes of at least 4 members (excludes halogenated alkanes) is 1. The summed E-state index contributed by atoms with van der Waals surface area (Å²) in [5, 5.41) is 0.820. The second-order valence-corrected chi connectivity index (χ2v) is 6.75. The van der Waals surface area contributed by atoms with Crippen molar-refractivity contribution in [1.29, 1.82) is 0 Å². The van der Waals surface area contributed by atoms with E-state index in [-0.39, 0.29) is 5.92 Å². The molecule has 0 fully saturated rings. The Hall–Kier alpha value is -0.810. The second kappa shape index (κ2) is 12.5. The number of halogens is 4. The monoisotopic (exact) mass is 395 g/mol. The predicted octanol–water partition coefficient (Wildman–Crippen LogP) is 7.81. The highest BCUT2D eigenvalue weighted by Gasteiger charge is 2.31. The van der Waals surface area contributed by atoms with Crippen molar-refractivity contribution in [1.82, 2.24) is 4.98 Å². The smallest absolute Gasteiger partial charge is 0.245 e. The largest absolute Gasteiger partial charge is 0.416 e. The third-order valence-corrected chi connectivity index (χ3v) is 5.11. The summed E-state index contributed by atoms with van der Waals surface area (Å²) in [6.45, 7) is 9.66. The van der Waals surface area contributed by atoms with Crippen molar-refractivity contribution in [3.8, 4) is 0 Å². The molecule has 0 aromatic carbocycles. The van der Waals surface area contributed by atoms with Gasteiger partial charge in [-0.1, -0.05) is 59.3 Å². The van der Waals surface area contributed by atoms with Crippen LogP contribution in [0.1, 0.15) is 75.4 Å². The maximum absolute atomic E-state index is 12.9. The van der Waals surface area contributed by atoms with Gasteiger partial charge in [0, 0.05) is 10.8 Å². The van der Waals surface area contributed by atoms with E-state index in [0.29, 0.717) is 12.3 Å². The standard InChI is InChI=1S/C17H23ClF3NS.C2H6/c1-4-6-8-14-15(11-18)23-16(22-14)12(3)9-10-13(7-5-2)17(19,20)21;1-2/h7,9-10,12H,4-6,8,11H2,1-3H3;1-2H3/b10-9-,13-7+;. The van der Waals surface area contributed by atoms with Crippen LogP contribution in [0.25, 0.3) is 0 Å². The van der Waals surface area contributed by atoms with E-state index in [9.17, 15) is 13.2 Å². The molecule has 0 aliphatic heterocycles. The van der Waals surface area contributed by atoms with Crippen LogP contribution >= 0.6 is 22.9 Å². The minimum absolute atomic E-state index is 0.167. The average molecular weight is 396 g/mol. The third kappa shape index (κ3) is 8.41. The van der Waals surface area contributed by atoms with E-state index >= 15 is 0 Å². The minimum atomic E-state index is -4.32. The molecule has 6 heteroatoms. The van der Waals surface area contributed by atoms with Gasteiger partial charge < -0.3 is 0 Å². The van der Waals surface area contributed by atoms with E-state index in [1.165, 1.54) is 17.4 Å². The Bertz CT molecular complexity index is 547. The number of aromatic nitrogens is 1. The highest BCUT2D eigenvalue weighted by atomic mass is 35.5. The van der Waals surface area contributed by atoms with Gasteiger partial charge in [-0.05, 0) is 19.3 Å². The molecule has 1 atom stereocenters. The Morgan fingerprint density at radius 1 is 1.28 bits per heavy atom. The number of aryl methyl sites for hydroxylation is 1. The van der Waals surface area contributed by atoms with Crippen molar-refractivity contribution in [2.45, 2.75) is 78.3 Å². The summed E-state index contributed by atoms with van der Waals surface area (Å²) >= 11 is 7.45. The molecule has 0 saturated heterocycles. The molecule has 0 spiro atoms. The topological polar surface area (TPSA) is 12.9 Å². The van der Waals surface area contributed by atoms with E-state index in [0.717, 1.165) is 40.9 Å². The van der Waals surface area contributed by atoms with Gasteiger partial charge in [0.25, 0.3) is 0 Å². The fourth-order valence-electron chi connectivity index (χ4n) is 2.07. The van der Waals surface area contributed by atoms with Crippen LogP contribution in [0.3, 0.4) is 0 Å². The summed E-state index contributed by atoms with van der Waals surface area (Å²) in [7, 11) is 0. The lowest BCUT2D eigenvalue weighted by atomic mass is 10.1. The van der Waals surface area contributed by atoms with Crippen molar-refractivity contribution < 1.29 is 13.2 Å². The molecule has 1 aromatic rings. The van der Waals surface area contributed by atoms with Gasteiger partial charge >= 0.3 is 6.18 Å². The molecule has 0 radical (unpaired) electrons. The molecule has 0 saturated carbocycles. The number of hydrogen-bond donors (Lipinski definition) is 0. The summed E-state index contributed by atoms with van der Waals surface area (Å²) in [5.74, 6) is 0.233. The molecular weight excluding hydrogens is 367 g/mol. The van der Waals surface area contributed by atoms with Crippen LogP contribution in [0.15, 0.2) is 23.8 Å². The molecule has 0 N–H and O–H groups in total. The van der Waals surface area contributed by atoms with Gasteiger partial charge in [-0.2, -0.15) is 13.2 Å². The van der Waals surface area contributed by atoms with Crippen molar-refractivity contribution in [2.75, 3.05) is 0 Å². The first-order valence-corrected chi connectivity index (χ1v) is 10.2. The zero-order valence-corrected chi connectivity index (χ0v) is 17.3. The molecule has 1 nitrogen and oxygen atoms in total. The van der Waals surface area contributed by atoms with Crippen LogP contribution in [-0.2, 0) is 12.3 Å². The number of alkyl halides is 4. The van der Waals surface area contributed by atoms with Gasteiger partial charge in [0.1, 0.15) is 0 Å². The van der Waals surface area contributed by atoms with Crippen LogP contribution in [-0.4, -0.2) is 11.2 Å². The molecule has 0 bridgehead atoms. The molecule has 144 valence electrons. The molecule has 1 unspecified atom stereocenters. The van der Waals surface area contributed by atoms with Gasteiger partial charge in [0.15, 0.2) is 0 Å².